The molecule has 0 spiro atoms. The molecular weight excluding hydrogens is 378 g/mol. The first kappa shape index (κ1) is 21.6. The molecule has 2 rings (SSSR count). The second kappa shape index (κ2) is 10.6. The molecule has 29 heavy (non-hydrogen) atoms. The van der Waals surface area contributed by atoms with Crippen molar-refractivity contribution < 1.29 is 33.3 Å². The van der Waals surface area contributed by atoms with Crippen LogP contribution in [0.3, 0.4) is 0 Å². The molecule has 154 valence electrons. The van der Waals surface area contributed by atoms with Crippen LogP contribution in [0, 0.1) is 0 Å². The third kappa shape index (κ3) is 6.46. The molecule has 8 heteroatoms. The lowest BCUT2D eigenvalue weighted by molar-refractivity contribution is -0.138. The molecule has 0 saturated carbocycles. The smallest absolute Gasteiger partial charge is 0.331 e. The molecule has 0 saturated heterocycles. The second-order valence-corrected chi connectivity index (χ2v) is 5.79. The number of carbonyl (C=O) groups is 2. The van der Waals surface area contributed by atoms with Crippen molar-refractivity contribution in [3.05, 3.63) is 53.6 Å². The third-order valence-corrected chi connectivity index (χ3v) is 3.80. The zero-order chi connectivity index (χ0) is 21.2. The van der Waals surface area contributed by atoms with Crippen LogP contribution in [0.25, 0.3) is 6.08 Å². The van der Waals surface area contributed by atoms with Gasteiger partial charge in [0.25, 0.3) is 5.91 Å². The Morgan fingerprint density at radius 3 is 2.31 bits per heavy atom. The summed E-state index contributed by atoms with van der Waals surface area (Å²) < 4.78 is 26.3. The Balaban J connectivity index is 2.01. The number of nitrogens with two attached hydrogens (primary N) is 1. The minimum absolute atomic E-state index is 0.0417. The van der Waals surface area contributed by atoms with Crippen molar-refractivity contribution in [2.24, 2.45) is 5.73 Å². The van der Waals surface area contributed by atoms with Gasteiger partial charge in [0.15, 0.2) is 18.1 Å². The van der Waals surface area contributed by atoms with Crippen LogP contribution >= 0.6 is 0 Å². The predicted octanol–water partition coefficient (Wildman–Crippen LogP) is 2.33. The lowest BCUT2D eigenvalue weighted by atomic mass is 10.1. The van der Waals surface area contributed by atoms with E-state index in [0.29, 0.717) is 34.1 Å². The van der Waals surface area contributed by atoms with Gasteiger partial charge in [-0.05, 0) is 29.8 Å². The van der Waals surface area contributed by atoms with Crippen molar-refractivity contribution in [1.82, 2.24) is 0 Å². The van der Waals surface area contributed by atoms with E-state index in [1.165, 1.54) is 27.4 Å². The molecule has 0 heterocycles. The van der Waals surface area contributed by atoms with E-state index in [1.807, 2.05) is 0 Å². The standard InChI is InChI=1S/C21H23NO7/c1-25-17-11-19(27-3)18(26-2)10-15(17)7-8-21(24)29-12-14-5-4-6-16(9-14)28-13-20(22)23/h4-11H,12-13H2,1-3H3,(H2,22,23)/b8-7+. The van der Waals surface area contributed by atoms with Crippen molar-refractivity contribution in [2.45, 2.75) is 6.61 Å². The van der Waals surface area contributed by atoms with Crippen molar-refractivity contribution in [1.29, 1.82) is 0 Å². The fourth-order valence-corrected chi connectivity index (χ4v) is 2.42. The van der Waals surface area contributed by atoms with Crippen LogP contribution < -0.4 is 24.7 Å². The van der Waals surface area contributed by atoms with E-state index in [-0.39, 0.29) is 13.2 Å². The summed E-state index contributed by atoms with van der Waals surface area (Å²) in [6.07, 6.45) is 2.85. The van der Waals surface area contributed by atoms with Crippen LogP contribution in [0.1, 0.15) is 11.1 Å². The largest absolute Gasteiger partial charge is 0.496 e. The van der Waals surface area contributed by atoms with Gasteiger partial charge in [0.1, 0.15) is 18.1 Å². The van der Waals surface area contributed by atoms with Crippen molar-refractivity contribution in [3.8, 4) is 23.0 Å². The zero-order valence-electron chi connectivity index (χ0n) is 16.5. The second-order valence-electron chi connectivity index (χ2n) is 5.79. The van der Waals surface area contributed by atoms with E-state index in [0.717, 1.165) is 0 Å². The molecule has 2 aromatic carbocycles. The van der Waals surface area contributed by atoms with Gasteiger partial charge in [-0.1, -0.05) is 12.1 Å². The minimum atomic E-state index is -0.572. The van der Waals surface area contributed by atoms with Crippen LogP contribution in [0.5, 0.6) is 23.0 Å². The molecule has 0 aliphatic carbocycles. The van der Waals surface area contributed by atoms with Gasteiger partial charge in [-0.2, -0.15) is 0 Å². The average molecular weight is 401 g/mol. The Bertz CT molecular complexity index is 893. The molecule has 0 bridgehead atoms. The molecule has 2 N–H and O–H groups in total. The first-order valence-corrected chi connectivity index (χ1v) is 8.61. The van der Waals surface area contributed by atoms with Crippen LogP contribution in [-0.2, 0) is 20.9 Å². The molecule has 0 aliphatic rings. The van der Waals surface area contributed by atoms with E-state index in [9.17, 15) is 9.59 Å². The number of methoxy groups -OCH3 is 3. The van der Waals surface area contributed by atoms with E-state index in [2.05, 4.69) is 0 Å². The summed E-state index contributed by atoms with van der Waals surface area (Å²) in [5.41, 5.74) is 6.38. The summed E-state index contributed by atoms with van der Waals surface area (Å²) in [6, 6.07) is 10.2. The molecule has 0 aliphatic heterocycles. The zero-order valence-corrected chi connectivity index (χ0v) is 16.5. The van der Waals surface area contributed by atoms with Crippen LogP contribution in [0.2, 0.25) is 0 Å². The maximum Gasteiger partial charge on any atom is 0.331 e. The number of esters is 1. The number of rotatable bonds is 10. The molecule has 0 fully saturated rings. The van der Waals surface area contributed by atoms with Crippen LogP contribution in [-0.4, -0.2) is 39.8 Å². The number of hydrogen-bond donors (Lipinski definition) is 1. The summed E-state index contributed by atoms with van der Waals surface area (Å²) in [7, 11) is 4.57. The SMILES string of the molecule is COc1cc(OC)c(OC)cc1/C=C/C(=O)OCc1cccc(OCC(N)=O)c1. The fourth-order valence-electron chi connectivity index (χ4n) is 2.42. The normalized spacial score (nSPS) is 10.4. The van der Waals surface area contributed by atoms with Crippen molar-refractivity contribution in [3.63, 3.8) is 0 Å². The van der Waals surface area contributed by atoms with Gasteiger partial charge < -0.3 is 29.4 Å². The highest BCUT2D eigenvalue weighted by Gasteiger charge is 2.10. The summed E-state index contributed by atoms with van der Waals surface area (Å²) in [6.45, 7) is -0.181. The van der Waals surface area contributed by atoms with Crippen molar-refractivity contribution in [2.75, 3.05) is 27.9 Å². The predicted molar refractivity (Wildman–Crippen MR) is 106 cm³/mol. The lowest BCUT2D eigenvalue weighted by Crippen LogP contribution is -2.20. The minimum Gasteiger partial charge on any atom is -0.496 e. The quantitative estimate of drug-likeness (QED) is 0.481. The Labute approximate surface area is 168 Å². The fraction of sp³-hybridized carbons (Fsp3) is 0.238. The number of hydrogen-bond acceptors (Lipinski definition) is 7. The van der Waals surface area contributed by atoms with Gasteiger partial charge in [0.05, 0.1) is 21.3 Å². The molecule has 0 radical (unpaired) electrons. The van der Waals surface area contributed by atoms with Gasteiger partial charge in [-0.3, -0.25) is 4.79 Å². The van der Waals surface area contributed by atoms with E-state index in [1.54, 1.807) is 42.5 Å². The monoisotopic (exact) mass is 401 g/mol. The molecule has 0 unspecified atom stereocenters. The molecule has 2 aromatic rings. The van der Waals surface area contributed by atoms with E-state index >= 15 is 0 Å². The van der Waals surface area contributed by atoms with E-state index in [4.69, 9.17) is 29.4 Å². The highest BCUT2D eigenvalue weighted by molar-refractivity contribution is 5.87. The highest BCUT2D eigenvalue weighted by Crippen LogP contribution is 2.35. The third-order valence-electron chi connectivity index (χ3n) is 3.80. The van der Waals surface area contributed by atoms with Gasteiger partial charge >= 0.3 is 5.97 Å². The number of ether oxygens (including phenoxy) is 5. The molecule has 0 atom stereocenters. The van der Waals surface area contributed by atoms with Crippen molar-refractivity contribution >= 4 is 18.0 Å². The summed E-state index contributed by atoms with van der Waals surface area (Å²) in [5, 5.41) is 0. The summed E-state index contributed by atoms with van der Waals surface area (Å²) in [5.74, 6) is 0.897. The van der Waals surface area contributed by atoms with Gasteiger partial charge in [0.2, 0.25) is 0 Å². The highest BCUT2D eigenvalue weighted by atomic mass is 16.5. The van der Waals surface area contributed by atoms with E-state index < -0.39 is 11.9 Å². The Hall–Kier alpha value is -3.68. The summed E-state index contributed by atoms with van der Waals surface area (Å²) in [4.78, 5) is 22.8. The number of benzene rings is 2. The lowest BCUT2D eigenvalue weighted by Gasteiger charge is -2.12. The number of amides is 1. The topological polar surface area (TPSA) is 106 Å². The summed E-state index contributed by atoms with van der Waals surface area (Å²) >= 11 is 0. The number of carbonyl (C=O) groups excluding carboxylic acids is 2. The van der Waals surface area contributed by atoms with Gasteiger partial charge in [0, 0.05) is 17.7 Å². The van der Waals surface area contributed by atoms with Crippen LogP contribution in [0.4, 0.5) is 0 Å². The molecule has 1 amide bonds. The molecule has 0 aromatic heterocycles. The average Bonchev–Trinajstić information content (AvgIpc) is 2.74. The Morgan fingerprint density at radius 2 is 1.66 bits per heavy atom. The molecular formula is C21H23NO7. The first-order valence-electron chi connectivity index (χ1n) is 8.61. The molecule has 8 nitrogen and oxygen atoms in total. The maximum absolute atomic E-state index is 12.1. The Kier molecular flexibility index (Phi) is 7.90. The van der Waals surface area contributed by atoms with Gasteiger partial charge in [-0.15, -0.1) is 0 Å². The van der Waals surface area contributed by atoms with Gasteiger partial charge in [-0.25, -0.2) is 4.79 Å². The first-order chi connectivity index (χ1) is 14.0. The Morgan fingerprint density at radius 1 is 0.966 bits per heavy atom. The maximum atomic E-state index is 12.1. The van der Waals surface area contributed by atoms with Crippen LogP contribution in [0.15, 0.2) is 42.5 Å². The number of primary amides is 1.